The summed E-state index contributed by atoms with van der Waals surface area (Å²) >= 11 is 0. The molecule has 0 radical (unpaired) electrons. The van der Waals surface area contributed by atoms with Crippen molar-refractivity contribution in [3.63, 3.8) is 0 Å². The fourth-order valence-electron chi connectivity index (χ4n) is 3.09. The van der Waals surface area contributed by atoms with Crippen molar-refractivity contribution in [1.82, 2.24) is 10.2 Å². The maximum Gasteiger partial charge on any atom is 0.134 e. The molecule has 2 aromatic rings. The van der Waals surface area contributed by atoms with Crippen LogP contribution in [-0.2, 0) is 6.54 Å². The zero-order valence-corrected chi connectivity index (χ0v) is 13.5. The Kier molecular flexibility index (Phi) is 6.09. The molecule has 0 atom stereocenters. The number of hydrogen-bond donors (Lipinski definition) is 1. The molecule has 1 N–H and O–H groups in total. The maximum absolute atomic E-state index is 5.63. The van der Waals surface area contributed by atoms with Crippen molar-refractivity contribution in [3.8, 4) is 0 Å². The van der Waals surface area contributed by atoms with Gasteiger partial charge in [-0.15, -0.1) is 12.4 Å². The lowest BCUT2D eigenvalue weighted by molar-refractivity contribution is 0.176. The number of para-hydroxylation sites is 1. The van der Waals surface area contributed by atoms with Crippen molar-refractivity contribution in [2.75, 3.05) is 26.2 Å². The van der Waals surface area contributed by atoms with Gasteiger partial charge in [0.25, 0.3) is 0 Å². The molecule has 1 aromatic heterocycles. The summed E-state index contributed by atoms with van der Waals surface area (Å²) in [5.74, 6) is 0.854. The normalized spacial score (nSPS) is 17.0. The molecular weight excluding hydrogens is 284 g/mol. The predicted octanol–water partition coefficient (Wildman–Crippen LogP) is 3.68. The molecule has 0 aliphatic carbocycles. The molecule has 0 saturated carbocycles. The van der Waals surface area contributed by atoms with E-state index in [0.717, 1.165) is 24.6 Å². The van der Waals surface area contributed by atoms with E-state index >= 15 is 0 Å². The van der Waals surface area contributed by atoms with Crippen LogP contribution in [0.2, 0.25) is 0 Å². The van der Waals surface area contributed by atoms with E-state index < -0.39 is 0 Å². The number of rotatable bonds is 5. The standard InChI is InChI=1S/C17H24N2O.ClH/c1-2-18-11-14-7-9-19(10-8-14)12-15-13-20-17-6-4-3-5-16(15)17;/h3-6,13-14,18H,2,7-12H2,1H3;1H. The summed E-state index contributed by atoms with van der Waals surface area (Å²) in [6.45, 7) is 7.87. The lowest BCUT2D eigenvalue weighted by Gasteiger charge is -2.31. The quantitative estimate of drug-likeness (QED) is 0.913. The van der Waals surface area contributed by atoms with E-state index in [1.807, 2.05) is 18.4 Å². The summed E-state index contributed by atoms with van der Waals surface area (Å²) < 4.78 is 5.63. The number of nitrogens with one attached hydrogen (secondary N) is 1. The molecule has 116 valence electrons. The molecule has 21 heavy (non-hydrogen) atoms. The lowest BCUT2D eigenvalue weighted by atomic mass is 9.96. The minimum Gasteiger partial charge on any atom is -0.464 e. The van der Waals surface area contributed by atoms with E-state index in [9.17, 15) is 0 Å². The molecular formula is C17H25ClN2O. The van der Waals surface area contributed by atoms with Crippen LogP contribution >= 0.6 is 12.4 Å². The van der Waals surface area contributed by atoms with E-state index in [2.05, 4.69) is 29.3 Å². The summed E-state index contributed by atoms with van der Waals surface area (Å²) in [5.41, 5.74) is 2.33. The Balaban J connectivity index is 0.00000161. The highest BCUT2D eigenvalue weighted by atomic mass is 35.5. The van der Waals surface area contributed by atoms with Crippen molar-refractivity contribution in [2.24, 2.45) is 5.92 Å². The Morgan fingerprint density at radius 2 is 2.00 bits per heavy atom. The molecule has 2 heterocycles. The first-order valence-corrected chi connectivity index (χ1v) is 7.75. The number of nitrogens with zero attached hydrogens (tertiary/aromatic N) is 1. The lowest BCUT2D eigenvalue weighted by Crippen LogP contribution is -2.36. The molecule has 1 aromatic carbocycles. The van der Waals surface area contributed by atoms with Gasteiger partial charge in [0, 0.05) is 17.5 Å². The highest BCUT2D eigenvalue weighted by Gasteiger charge is 2.19. The molecule has 0 bridgehead atoms. The van der Waals surface area contributed by atoms with E-state index in [1.54, 1.807) is 0 Å². The second kappa shape index (κ2) is 7.83. The number of benzene rings is 1. The van der Waals surface area contributed by atoms with Gasteiger partial charge in [-0.3, -0.25) is 4.90 Å². The molecule has 0 spiro atoms. The molecule has 1 fully saturated rings. The minimum absolute atomic E-state index is 0. The summed E-state index contributed by atoms with van der Waals surface area (Å²) in [7, 11) is 0. The fraction of sp³-hybridized carbons (Fsp3) is 0.529. The van der Waals surface area contributed by atoms with Crippen LogP contribution in [0.3, 0.4) is 0 Å². The second-order valence-corrected chi connectivity index (χ2v) is 5.78. The van der Waals surface area contributed by atoms with E-state index in [4.69, 9.17) is 4.42 Å². The van der Waals surface area contributed by atoms with Crippen LogP contribution in [0.5, 0.6) is 0 Å². The van der Waals surface area contributed by atoms with Crippen LogP contribution in [-0.4, -0.2) is 31.1 Å². The van der Waals surface area contributed by atoms with Crippen LogP contribution in [0.4, 0.5) is 0 Å². The number of furan rings is 1. The summed E-state index contributed by atoms with van der Waals surface area (Å²) in [5, 5.41) is 4.74. The Morgan fingerprint density at radius 1 is 1.24 bits per heavy atom. The van der Waals surface area contributed by atoms with Crippen molar-refractivity contribution >= 4 is 23.4 Å². The highest BCUT2D eigenvalue weighted by Crippen LogP contribution is 2.24. The van der Waals surface area contributed by atoms with Gasteiger partial charge in [-0.2, -0.15) is 0 Å². The van der Waals surface area contributed by atoms with Gasteiger partial charge in [0.15, 0.2) is 0 Å². The predicted molar refractivity (Wildman–Crippen MR) is 90.0 cm³/mol. The average molecular weight is 309 g/mol. The van der Waals surface area contributed by atoms with Gasteiger partial charge in [-0.1, -0.05) is 25.1 Å². The average Bonchev–Trinajstić information content (AvgIpc) is 2.90. The third-order valence-corrected chi connectivity index (χ3v) is 4.35. The topological polar surface area (TPSA) is 28.4 Å². The molecule has 1 saturated heterocycles. The molecule has 1 aliphatic heterocycles. The number of piperidine rings is 1. The van der Waals surface area contributed by atoms with Crippen LogP contribution in [0.1, 0.15) is 25.3 Å². The van der Waals surface area contributed by atoms with Crippen LogP contribution in [0.15, 0.2) is 34.9 Å². The number of hydrogen-bond acceptors (Lipinski definition) is 3. The second-order valence-electron chi connectivity index (χ2n) is 5.78. The Morgan fingerprint density at radius 3 is 2.76 bits per heavy atom. The van der Waals surface area contributed by atoms with Gasteiger partial charge < -0.3 is 9.73 Å². The first-order valence-electron chi connectivity index (χ1n) is 7.75. The third-order valence-electron chi connectivity index (χ3n) is 4.35. The van der Waals surface area contributed by atoms with E-state index in [1.165, 1.54) is 43.4 Å². The van der Waals surface area contributed by atoms with Gasteiger partial charge >= 0.3 is 0 Å². The Bertz CT molecular complexity index is 546. The van der Waals surface area contributed by atoms with Crippen molar-refractivity contribution in [1.29, 1.82) is 0 Å². The van der Waals surface area contributed by atoms with Crippen LogP contribution < -0.4 is 5.32 Å². The highest BCUT2D eigenvalue weighted by molar-refractivity contribution is 5.85. The summed E-state index contributed by atoms with van der Waals surface area (Å²) in [6, 6.07) is 8.32. The largest absolute Gasteiger partial charge is 0.464 e. The van der Waals surface area contributed by atoms with E-state index in [0.29, 0.717) is 0 Å². The molecule has 0 amide bonds. The SMILES string of the molecule is CCNCC1CCN(Cc2coc3ccccc23)CC1.Cl. The first kappa shape index (κ1) is 16.3. The van der Waals surface area contributed by atoms with E-state index in [-0.39, 0.29) is 12.4 Å². The molecule has 0 unspecified atom stereocenters. The Labute approximate surface area is 133 Å². The maximum atomic E-state index is 5.63. The number of likely N-dealkylation sites (tertiary alicyclic amines) is 1. The number of fused-ring (bicyclic) bond motifs is 1. The minimum atomic E-state index is 0. The van der Waals surface area contributed by atoms with Gasteiger partial charge in [0.05, 0.1) is 6.26 Å². The Hall–Kier alpha value is -1.03. The molecule has 1 aliphatic rings. The summed E-state index contributed by atoms with van der Waals surface area (Å²) in [4.78, 5) is 2.56. The van der Waals surface area contributed by atoms with Crippen molar-refractivity contribution in [2.45, 2.75) is 26.3 Å². The van der Waals surface area contributed by atoms with Crippen LogP contribution in [0, 0.1) is 5.92 Å². The molecule has 3 nitrogen and oxygen atoms in total. The van der Waals surface area contributed by atoms with Crippen molar-refractivity contribution < 1.29 is 4.42 Å². The third kappa shape index (κ3) is 4.00. The van der Waals surface area contributed by atoms with Crippen LogP contribution in [0.25, 0.3) is 11.0 Å². The zero-order valence-electron chi connectivity index (χ0n) is 12.7. The monoisotopic (exact) mass is 308 g/mol. The fourth-order valence-corrected chi connectivity index (χ4v) is 3.09. The number of halogens is 1. The van der Waals surface area contributed by atoms with Gasteiger partial charge in [-0.25, -0.2) is 0 Å². The molecule has 3 rings (SSSR count). The first-order chi connectivity index (χ1) is 9.86. The van der Waals surface area contributed by atoms with Crippen molar-refractivity contribution in [3.05, 3.63) is 36.1 Å². The van der Waals surface area contributed by atoms with Gasteiger partial charge in [0.2, 0.25) is 0 Å². The van der Waals surface area contributed by atoms with Gasteiger partial charge in [0.1, 0.15) is 5.58 Å². The zero-order chi connectivity index (χ0) is 13.8. The molecule has 4 heteroatoms. The summed E-state index contributed by atoms with van der Waals surface area (Å²) in [6.07, 6.45) is 4.54. The smallest absolute Gasteiger partial charge is 0.134 e. The van der Waals surface area contributed by atoms with Gasteiger partial charge in [-0.05, 0) is 51.0 Å².